The molecule has 9 heavy (non-hydrogen) atoms. The smallest absolute Gasteiger partial charge is 0.00697 e. The molecule has 2 heteroatoms. The number of hydrogen-bond acceptors (Lipinski definition) is 2. The van der Waals surface area contributed by atoms with Crippen LogP contribution in [-0.4, -0.2) is 18.1 Å². The molecule has 0 aromatic heterocycles. The van der Waals surface area contributed by atoms with E-state index in [0.29, 0.717) is 12.0 Å². The Bertz CT molecular complexity index is 63.9. The number of hydrogen-bond donors (Lipinski definition) is 1. The summed E-state index contributed by atoms with van der Waals surface area (Å²) in [6.07, 6.45) is 3.27. The van der Waals surface area contributed by atoms with Gasteiger partial charge in [0.2, 0.25) is 0 Å². The van der Waals surface area contributed by atoms with Crippen LogP contribution in [0.2, 0.25) is 0 Å². The molecule has 56 valence electrons. The Morgan fingerprint density at radius 3 is 2.33 bits per heavy atom. The van der Waals surface area contributed by atoms with E-state index in [1.54, 1.807) is 0 Å². The average molecular weight is 147 g/mol. The van der Waals surface area contributed by atoms with Gasteiger partial charge in [-0.15, -0.1) is 0 Å². The van der Waals surface area contributed by atoms with Gasteiger partial charge in [-0.2, -0.15) is 11.8 Å². The summed E-state index contributed by atoms with van der Waals surface area (Å²) in [7, 11) is 0. The van der Waals surface area contributed by atoms with Crippen molar-refractivity contribution in [2.45, 2.75) is 26.3 Å². The highest BCUT2D eigenvalue weighted by Gasteiger charge is 2.05. The summed E-state index contributed by atoms with van der Waals surface area (Å²) in [5.41, 5.74) is 5.79. The molecule has 0 aliphatic carbocycles. The van der Waals surface area contributed by atoms with Gasteiger partial charge in [0.05, 0.1) is 0 Å². The molecule has 1 atom stereocenters. The van der Waals surface area contributed by atoms with Crippen molar-refractivity contribution in [2.75, 3.05) is 12.0 Å². The van der Waals surface area contributed by atoms with Crippen molar-refractivity contribution in [3.8, 4) is 0 Å². The molecule has 0 bridgehead atoms. The Kier molecular flexibility index (Phi) is 5.30. The van der Waals surface area contributed by atoms with Crippen LogP contribution in [0.5, 0.6) is 0 Å². The number of thioether (sulfide) groups is 1. The fourth-order valence-corrected chi connectivity index (χ4v) is 1.10. The Balaban J connectivity index is 3.16. The van der Waals surface area contributed by atoms with E-state index in [1.807, 2.05) is 11.8 Å². The fourth-order valence-electron chi connectivity index (χ4n) is 0.587. The van der Waals surface area contributed by atoms with E-state index >= 15 is 0 Å². The molecule has 0 radical (unpaired) electrons. The van der Waals surface area contributed by atoms with Crippen molar-refractivity contribution in [1.29, 1.82) is 0 Å². The summed E-state index contributed by atoms with van der Waals surface area (Å²) in [6, 6.07) is 0.400. The van der Waals surface area contributed by atoms with Crippen molar-refractivity contribution in [1.82, 2.24) is 0 Å². The SMILES string of the molecule is CSCC[C@H](N)C(C)C. The molecule has 0 spiro atoms. The maximum atomic E-state index is 5.79. The van der Waals surface area contributed by atoms with Crippen LogP contribution in [-0.2, 0) is 0 Å². The van der Waals surface area contributed by atoms with E-state index in [4.69, 9.17) is 5.73 Å². The molecule has 0 aromatic carbocycles. The zero-order valence-electron chi connectivity index (χ0n) is 6.55. The summed E-state index contributed by atoms with van der Waals surface area (Å²) < 4.78 is 0. The van der Waals surface area contributed by atoms with Gasteiger partial charge in [0.25, 0.3) is 0 Å². The molecule has 0 rings (SSSR count). The second kappa shape index (κ2) is 5.12. The van der Waals surface area contributed by atoms with E-state index in [0.717, 1.165) is 6.42 Å². The molecule has 0 aliphatic heterocycles. The lowest BCUT2D eigenvalue weighted by Gasteiger charge is -2.13. The van der Waals surface area contributed by atoms with Crippen molar-refractivity contribution in [3.63, 3.8) is 0 Å². The van der Waals surface area contributed by atoms with E-state index in [2.05, 4.69) is 20.1 Å². The first kappa shape index (κ1) is 9.31. The van der Waals surface area contributed by atoms with E-state index < -0.39 is 0 Å². The molecular weight excluding hydrogens is 130 g/mol. The van der Waals surface area contributed by atoms with Crippen molar-refractivity contribution in [3.05, 3.63) is 0 Å². The topological polar surface area (TPSA) is 26.0 Å². The zero-order valence-corrected chi connectivity index (χ0v) is 7.37. The molecule has 0 aliphatic rings. The Hall–Kier alpha value is 0.310. The Morgan fingerprint density at radius 2 is 2.00 bits per heavy atom. The fraction of sp³-hybridized carbons (Fsp3) is 1.00. The van der Waals surface area contributed by atoms with Gasteiger partial charge < -0.3 is 5.73 Å². The quantitative estimate of drug-likeness (QED) is 0.655. The van der Waals surface area contributed by atoms with Crippen LogP contribution in [0.25, 0.3) is 0 Å². The first-order valence-corrected chi connectivity index (χ1v) is 4.82. The van der Waals surface area contributed by atoms with Crippen LogP contribution in [0.15, 0.2) is 0 Å². The van der Waals surface area contributed by atoms with Crippen LogP contribution in [0.1, 0.15) is 20.3 Å². The summed E-state index contributed by atoms with van der Waals surface area (Å²) >= 11 is 1.87. The van der Waals surface area contributed by atoms with E-state index in [9.17, 15) is 0 Å². The predicted molar refractivity (Wildman–Crippen MR) is 45.8 cm³/mol. The average Bonchev–Trinajstić information content (AvgIpc) is 1.82. The first-order chi connectivity index (χ1) is 4.18. The molecule has 0 saturated carbocycles. The minimum absolute atomic E-state index is 0.400. The summed E-state index contributed by atoms with van der Waals surface area (Å²) in [5, 5.41) is 0. The predicted octanol–water partition coefficient (Wildman–Crippen LogP) is 1.72. The zero-order chi connectivity index (χ0) is 7.28. The lowest BCUT2D eigenvalue weighted by Crippen LogP contribution is -2.26. The van der Waals surface area contributed by atoms with Gasteiger partial charge in [0, 0.05) is 6.04 Å². The largest absolute Gasteiger partial charge is 0.327 e. The maximum absolute atomic E-state index is 5.79. The van der Waals surface area contributed by atoms with Gasteiger partial charge in [-0.1, -0.05) is 13.8 Å². The molecule has 0 amide bonds. The molecule has 0 unspecified atom stereocenters. The molecule has 2 N–H and O–H groups in total. The first-order valence-electron chi connectivity index (χ1n) is 3.43. The third-order valence-electron chi connectivity index (χ3n) is 1.51. The third kappa shape index (κ3) is 4.79. The van der Waals surface area contributed by atoms with Crippen LogP contribution >= 0.6 is 11.8 Å². The third-order valence-corrected chi connectivity index (χ3v) is 2.16. The van der Waals surface area contributed by atoms with Gasteiger partial charge in [-0.3, -0.25) is 0 Å². The maximum Gasteiger partial charge on any atom is 0.00697 e. The normalized spacial score (nSPS) is 14.3. The van der Waals surface area contributed by atoms with E-state index in [-0.39, 0.29) is 0 Å². The molecule has 0 heterocycles. The molecule has 0 aromatic rings. The molecule has 0 fully saturated rings. The second-order valence-electron chi connectivity index (χ2n) is 2.69. The molecule has 1 nitrogen and oxygen atoms in total. The van der Waals surface area contributed by atoms with Gasteiger partial charge >= 0.3 is 0 Å². The van der Waals surface area contributed by atoms with E-state index in [1.165, 1.54) is 5.75 Å². The standard InChI is InChI=1S/C7H17NS/c1-6(2)7(8)4-5-9-3/h6-7H,4-5,8H2,1-3H3/t7-/m0/s1. The summed E-state index contributed by atoms with van der Waals surface area (Å²) in [6.45, 7) is 4.34. The molecular formula is C7H17NS. The Labute approximate surface area is 62.4 Å². The lowest BCUT2D eigenvalue weighted by atomic mass is 10.0. The van der Waals surface area contributed by atoms with Crippen molar-refractivity contribution >= 4 is 11.8 Å². The second-order valence-corrected chi connectivity index (χ2v) is 3.67. The lowest BCUT2D eigenvalue weighted by molar-refractivity contribution is 0.484. The summed E-state index contributed by atoms with van der Waals surface area (Å²) in [5.74, 6) is 1.83. The Morgan fingerprint density at radius 1 is 1.44 bits per heavy atom. The number of rotatable bonds is 4. The highest BCUT2D eigenvalue weighted by atomic mass is 32.2. The van der Waals surface area contributed by atoms with Crippen LogP contribution in [0.3, 0.4) is 0 Å². The van der Waals surface area contributed by atoms with Crippen LogP contribution in [0, 0.1) is 5.92 Å². The van der Waals surface area contributed by atoms with Gasteiger partial charge in [-0.05, 0) is 24.3 Å². The van der Waals surface area contributed by atoms with Gasteiger partial charge in [-0.25, -0.2) is 0 Å². The van der Waals surface area contributed by atoms with Crippen molar-refractivity contribution < 1.29 is 0 Å². The monoisotopic (exact) mass is 147 g/mol. The van der Waals surface area contributed by atoms with Crippen LogP contribution in [0.4, 0.5) is 0 Å². The van der Waals surface area contributed by atoms with Crippen LogP contribution < -0.4 is 5.73 Å². The summed E-state index contributed by atoms with van der Waals surface area (Å²) in [4.78, 5) is 0. The highest BCUT2D eigenvalue weighted by Crippen LogP contribution is 2.05. The minimum Gasteiger partial charge on any atom is -0.327 e. The molecule has 0 saturated heterocycles. The highest BCUT2D eigenvalue weighted by molar-refractivity contribution is 7.98. The number of nitrogens with two attached hydrogens (primary N) is 1. The van der Waals surface area contributed by atoms with Crippen molar-refractivity contribution in [2.24, 2.45) is 11.7 Å². The van der Waals surface area contributed by atoms with Gasteiger partial charge in [0.15, 0.2) is 0 Å². The van der Waals surface area contributed by atoms with Gasteiger partial charge in [0.1, 0.15) is 0 Å². The minimum atomic E-state index is 0.400.